The van der Waals surface area contributed by atoms with Crippen molar-refractivity contribution in [3.05, 3.63) is 10.4 Å². The molecule has 1 aromatic heterocycles. The Balaban J connectivity index is 3.52. The summed E-state index contributed by atoms with van der Waals surface area (Å²) in [5.41, 5.74) is -0.865. The van der Waals surface area contributed by atoms with Crippen LogP contribution >= 0.6 is 0 Å². The van der Waals surface area contributed by atoms with Gasteiger partial charge in [-0.1, -0.05) is 4.68 Å². The van der Waals surface area contributed by atoms with Crippen molar-refractivity contribution in [3.8, 4) is 0 Å². The predicted molar refractivity (Wildman–Crippen MR) is 43.0 cm³/mol. The van der Waals surface area contributed by atoms with Gasteiger partial charge in [-0.25, -0.2) is 13.2 Å². The molecule has 0 atom stereocenters. The number of nitrogens with one attached hydrogen (secondary N) is 1. The first-order valence-corrected chi connectivity index (χ1v) is 5.56. The summed E-state index contributed by atoms with van der Waals surface area (Å²) in [5.74, 6) is 0. The first-order valence-electron chi connectivity index (χ1n) is 3.67. The summed E-state index contributed by atoms with van der Waals surface area (Å²) in [4.78, 5) is 11.0. The second kappa shape index (κ2) is 2.99. The Morgan fingerprint density at radius 1 is 1.46 bits per heavy atom. The number of rotatable bonds is 2. The highest BCUT2D eigenvalue weighted by atomic mass is 32.2. The molecule has 0 amide bonds. The van der Waals surface area contributed by atoms with Crippen LogP contribution in [0, 0.1) is 0 Å². The Bertz CT molecular complexity index is 453. The average molecular weight is 207 g/mol. The molecule has 0 radical (unpaired) electrons. The van der Waals surface area contributed by atoms with Crippen molar-refractivity contribution in [2.24, 2.45) is 0 Å². The molecule has 0 aliphatic carbocycles. The van der Waals surface area contributed by atoms with Gasteiger partial charge in [-0.05, 0) is 19.1 Å². The highest BCUT2D eigenvalue weighted by Gasteiger charge is 2.32. The fourth-order valence-electron chi connectivity index (χ4n) is 0.944. The molecule has 0 aliphatic heterocycles. The van der Waals surface area contributed by atoms with Crippen molar-refractivity contribution in [1.82, 2.24) is 5.27 Å². The van der Waals surface area contributed by atoms with Crippen LogP contribution in [0.25, 0.3) is 0 Å². The number of aromatic nitrogens is 2. The Hall–Kier alpha value is -1.11. The van der Waals surface area contributed by atoms with Gasteiger partial charge in [0.1, 0.15) is 0 Å². The molecule has 0 unspecified atom stereocenters. The number of sulfone groups is 1. The largest absolute Gasteiger partial charge is 0.446 e. The number of H-pyrrole nitrogens is 1. The van der Waals surface area contributed by atoms with Crippen molar-refractivity contribution >= 4 is 9.84 Å². The summed E-state index contributed by atoms with van der Waals surface area (Å²) in [6.07, 6.45) is 0.964. The second-order valence-corrected chi connectivity index (χ2v) is 4.95. The Morgan fingerprint density at radius 3 is 2.31 bits per heavy atom. The van der Waals surface area contributed by atoms with E-state index in [9.17, 15) is 13.2 Å². The van der Waals surface area contributed by atoms with E-state index in [0.717, 1.165) is 6.26 Å². The third-order valence-electron chi connectivity index (χ3n) is 1.50. The molecule has 0 fully saturated rings. The van der Waals surface area contributed by atoms with Crippen molar-refractivity contribution in [1.29, 1.82) is 0 Å². The monoisotopic (exact) mass is 207 g/mol. The van der Waals surface area contributed by atoms with Crippen molar-refractivity contribution in [3.63, 3.8) is 0 Å². The number of aromatic amines is 1. The molecule has 6 nitrogen and oxygen atoms in total. The molecule has 0 aromatic carbocycles. The standard InChI is InChI=1S/C6H10N2O4S/c1-4(2)8-5(13(3,10)11)6(9)12-7-8/h4H,1-3H3/p+1. The second-order valence-electron chi connectivity index (χ2n) is 3.02. The molecule has 0 saturated heterocycles. The molecule has 1 N–H and O–H groups in total. The van der Waals surface area contributed by atoms with Gasteiger partial charge in [-0.15, -0.1) is 0 Å². The molecule has 74 valence electrons. The zero-order valence-corrected chi connectivity index (χ0v) is 8.38. The number of hydrogen-bond donors (Lipinski definition) is 1. The summed E-state index contributed by atoms with van der Waals surface area (Å²) in [5, 5.41) is 1.89. The van der Waals surface area contributed by atoms with E-state index in [4.69, 9.17) is 0 Å². The summed E-state index contributed by atoms with van der Waals surface area (Å²) in [6.45, 7) is 3.47. The molecule has 0 saturated carbocycles. The van der Waals surface area contributed by atoms with Crippen LogP contribution in [0.4, 0.5) is 0 Å². The molecule has 0 bridgehead atoms. The first kappa shape index (κ1) is 9.97. The first-order chi connectivity index (χ1) is 5.84. The SMILES string of the molecule is CC(C)[n+]1[nH]oc(=O)c1S(C)(=O)=O. The van der Waals surface area contributed by atoms with Crippen LogP contribution in [-0.2, 0) is 9.84 Å². The van der Waals surface area contributed by atoms with Crippen molar-refractivity contribution in [2.75, 3.05) is 6.26 Å². The fourth-order valence-corrected chi connectivity index (χ4v) is 1.89. The maximum Gasteiger partial charge on any atom is 0.446 e. The van der Waals surface area contributed by atoms with E-state index < -0.39 is 15.5 Å². The van der Waals surface area contributed by atoms with Crippen LogP contribution in [0.5, 0.6) is 0 Å². The van der Waals surface area contributed by atoms with Gasteiger partial charge in [0.15, 0.2) is 6.04 Å². The summed E-state index contributed by atoms with van der Waals surface area (Å²) in [6, 6.07) is -0.170. The lowest BCUT2D eigenvalue weighted by molar-refractivity contribution is -0.810. The predicted octanol–water partition coefficient (Wildman–Crippen LogP) is -0.760. The van der Waals surface area contributed by atoms with E-state index in [0.29, 0.717) is 0 Å². The smallest absolute Gasteiger partial charge is 0.282 e. The van der Waals surface area contributed by atoms with Crippen LogP contribution < -0.4 is 10.3 Å². The topological polar surface area (TPSA) is 84.0 Å². The molecule has 7 heteroatoms. The molecule has 0 spiro atoms. The highest BCUT2D eigenvalue weighted by Crippen LogP contribution is 1.98. The molecule has 1 aromatic rings. The molecule has 1 rings (SSSR count). The van der Waals surface area contributed by atoms with E-state index in [1.807, 2.05) is 0 Å². The third-order valence-corrected chi connectivity index (χ3v) is 2.56. The minimum absolute atomic E-state index is 0.170. The minimum Gasteiger partial charge on any atom is -0.282 e. The summed E-state index contributed by atoms with van der Waals surface area (Å²) < 4.78 is 27.8. The van der Waals surface area contributed by atoms with Crippen molar-refractivity contribution < 1.29 is 17.6 Å². The molecular formula is C6H11N2O4S+. The van der Waals surface area contributed by atoms with Gasteiger partial charge in [-0.3, -0.25) is 4.52 Å². The van der Waals surface area contributed by atoms with Crippen LogP contribution in [0.15, 0.2) is 14.3 Å². The number of nitrogens with zero attached hydrogens (tertiary/aromatic N) is 1. The Kier molecular flexibility index (Phi) is 2.29. The third kappa shape index (κ3) is 1.80. The molecule has 0 aliphatic rings. The number of hydrogen-bond acceptors (Lipinski definition) is 4. The van der Waals surface area contributed by atoms with Crippen LogP contribution in [0.2, 0.25) is 0 Å². The normalized spacial score (nSPS) is 12.3. The van der Waals surface area contributed by atoms with E-state index in [2.05, 4.69) is 9.79 Å². The Morgan fingerprint density at radius 2 is 2.00 bits per heavy atom. The van der Waals surface area contributed by atoms with E-state index >= 15 is 0 Å². The Labute approximate surface area is 75.0 Å². The van der Waals surface area contributed by atoms with E-state index in [-0.39, 0.29) is 11.1 Å². The van der Waals surface area contributed by atoms with Gasteiger partial charge >= 0.3 is 10.7 Å². The summed E-state index contributed by atoms with van der Waals surface area (Å²) in [7, 11) is -3.54. The maximum absolute atomic E-state index is 11.1. The maximum atomic E-state index is 11.1. The summed E-state index contributed by atoms with van der Waals surface area (Å²) >= 11 is 0. The van der Waals surface area contributed by atoms with Gasteiger partial charge in [0.2, 0.25) is 9.84 Å². The zero-order chi connectivity index (χ0) is 10.2. The van der Waals surface area contributed by atoms with Crippen molar-refractivity contribution in [2.45, 2.75) is 24.9 Å². The zero-order valence-electron chi connectivity index (χ0n) is 7.57. The van der Waals surface area contributed by atoms with Crippen LogP contribution in [0.1, 0.15) is 19.9 Å². The van der Waals surface area contributed by atoms with E-state index in [1.54, 1.807) is 13.8 Å². The lowest BCUT2D eigenvalue weighted by Gasteiger charge is -1.94. The van der Waals surface area contributed by atoms with Crippen LogP contribution in [0.3, 0.4) is 0 Å². The fraction of sp³-hybridized carbons (Fsp3) is 0.667. The lowest BCUT2D eigenvalue weighted by Crippen LogP contribution is -2.44. The highest BCUT2D eigenvalue weighted by molar-refractivity contribution is 7.90. The van der Waals surface area contributed by atoms with Gasteiger partial charge in [0.25, 0.3) is 0 Å². The van der Waals surface area contributed by atoms with Gasteiger partial charge in [-0.2, -0.15) is 0 Å². The molecule has 13 heavy (non-hydrogen) atoms. The minimum atomic E-state index is -3.54. The van der Waals surface area contributed by atoms with Gasteiger partial charge in [0.05, 0.1) is 0 Å². The van der Waals surface area contributed by atoms with Gasteiger partial charge < -0.3 is 0 Å². The van der Waals surface area contributed by atoms with Gasteiger partial charge in [0, 0.05) is 6.26 Å². The lowest BCUT2D eigenvalue weighted by atomic mass is 10.4. The quantitative estimate of drug-likeness (QED) is 0.646. The molecular weight excluding hydrogens is 196 g/mol. The van der Waals surface area contributed by atoms with E-state index in [1.165, 1.54) is 4.68 Å². The van der Waals surface area contributed by atoms with Crippen LogP contribution in [-0.4, -0.2) is 19.9 Å². The average Bonchev–Trinajstić information content (AvgIpc) is 2.28. The molecule has 1 heterocycles.